The smallest absolute Gasteiger partial charge is 0.416 e. The molecule has 1 amide bonds. The van der Waals surface area contributed by atoms with Crippen LogP contribution in [0.1, 0.15) is 19.4 Å². The number of alkyl halides is 3. The van der Waals surface area contributed by atoms with Crippen LogP contribution >= 0.6 is 11.6 Å². The second-order valence-electron chi connectivity index (χ2n) is 6.61. The van der Waals surface area contributed by atoms with Gasteiger partial charge in [0.1, 0.15) is 18.2 Å². The van der Waals surface area contributed by atoms with E-state index >= 15 is 0 Å². The van der Waals surface area contributed by atoms with Crippen molar-refractivity contribution in [2.45, 2.75) is 20.0 Å². The first-order chi connectivity index (χ1) is 14.6. The highest BCUT2D eigenvalue weighted by Gasteiger charge is 2.31. The van der Waals surface area contributed by atoms with Gasteiger partial charge in [-0.3, -0.25) is 4.79 Å². The zero-order chi connectivity index (χ0) is 23.0. The van der Waals surface area contributed by atoms with Crippen LogP contribution in [-0.4, -0.2) is 43.6 Å². The third-order valence-electron chi connectivity index (χ3n) is 4.51. The maximum atomic E-state index is 13.8. The number of likely N-dealkylation sites (N-methyl/N-ethyl adjacent to an activating group) is 1. The van der Waals surface area contributed by atoms with Crippen molar-refractivity contribution in [2.24, 2.45) is 0 Å². The molecule has 0 heterocycles. The molecule has 170 valence electrons. The van der Waals surface area contributed by atoms with E-state index in [1.54, 1.807) is 12.1 Å². The van der Waals surface area contributed by atoms with Gasteiger partial charge in [-0.15, -0.1) is 0 Å². The first-order valence-electron chi connectivity index (χ1n) is 9.69. The summed E-state index contributed by atoms with van der Waals surface area (Å²) < 4.78 is 57.2. The summed E-state index contributed by atoms with van der Waals surface area (Å²) in [4.78, 5) is 14.3. The third kappa shape index (κ3) is 7.59. The molecule has 0 aliphatic heterocycles. The van der Waals surface area contributed by atoms with Gasteiger partial charge in [0.05, 0.1) is 22.8 Å². The molecule has 0 atom stereocenters. The molecule has 0 saturated carbocycles. The molecule has 2 N–H and O–H groups in total. The van der Waals surface area contributed by atoms with E-state index in [9.17, 15) is 22.4 Å². The summed E-state index contributed by atoms with van der Waals surface area (Å²) in [5.41, 5.74) is -0.909. The van der Waals surface area contributed by atoms with E-state index in [-0.39, 0.29) is 12.2 Å². The van der Waals surface area contributed by atoms with Gasteiger partial charge in [-0.05, 0) is 49.5 Å². The van der Waals surface area contributed by atoms with Gasteiger partial charge in [0, 0.05) is 12.2 Å². The van der Waals surface area contributed by atoms with Crippen LogP contribution in [0.3, 0.4) is 0 Å². The summed E-state index contributed by atoms with van der Waals surface area (Å²) in [6.07, 6.45) is -4.64. The van der Waals surface area contributed by atoms with Gasteiger partial charge in [0.2, 0.25) is 5.91 Å². The topological polar surface area (TPSA) is 53.6 Å². The first-order valence-corrected chi connectivity index (χ1v) is 10.1. The number of carbonyl (C=O) groups is 1. The van der Waals surface area contributed by atoms with Crippen LogP contribution in [0.15, 0.2) is 36.4 Å². The van der Waals surface area contributed by atoms with Crippen molar-refractivity contribution in [1.29, 1.82) is 0 Å². The molecule has 2 aromatic rings. The summed E-state index contributed by atoms with van der Waals surface area (Å²) >= 11 is 6.19. The predicted octanol–water partition coefficient (Wildman–Crippen LogP) is 5.27. The average molecular weight is 462 g/mol. The van der Waals surface area contributed by atoms with Gasteiger partial charge in [0.25, 0.3) is 0 Å². The Morgan fingerprint density at radius 1 is 1.13 bits per heavy atom. The number of hydrogen-bond acceptors (Lipinski definition) is 4. The predicted molar refractivity (Wildman–Crippen MR) is 113 cm³/mol. The van der Waals surface area contributed by atoms with Gasteiger partial charge in [0.15, 0.2) is 0 Å². The Morgan fingerprint density at radius 3 is 2.42 bits per heavy atom. The number of anilines is 2. The first kappa shape index (κ1) is 24.7. The Kier molecular flexibility index (Phi) is 8.94. The Labute approximate surface area is 183 Å². The van der Waals surface area contributed by atoms with Gasteiger partial charge >= 0.3 is 6.18 Å². The standard InChI is InChI=1S/C21H24ClF4N3O2/c1-3-29(4-2)9-10-31-19-8-6-15(12-16(19)22)28-20(30)13-27-18-7-5-14(11-17(18)23)21(24,25)26/h5-8,11-12,27H,3-4,9-10,13H2,1-2H3,(H,28,30). The number of amides is 1. The summed E-state index contributed by atoms with van der Waals surface area (Å²) in [6.45, 7) is 6.85. The van der Waals surface area contributed by atoms with Crippen molar-refractivity contribution >= 4 is 28.9 Å². The van der Waals surface area contributed by atoms with Gasteiger partial charge < -0.3 is 20.3 Å². The minimum absolute atomic E-state index is 0.210. The van der Waals surface area contributed by atoms with Gasteiger partial charge in [-0.1, -0.05) is 25.4 Å². The number of ether oxygens (including phenoxy) is 1. The molecule has 0 aromatic heterocycles. The van der Waals surface area contributed by atoms with E-state index in [2.05, 4.69) is 29.4 Å². The third-order valence-corrected chi connectivity index (χ3v) is 4.81. The molecule has 0 saturated heterocycles. The molecule has 0 spiro atoms. The fourth-order valence-electron chi connectivity index (χ4n) is 2.74. The molecule has 2 rings (SSSR count). The quantitative estimate of drug-likeness (QED) is 0.473. The van der Waals surface area contributed by atoms with Crippen LogP contribution < -0.4 is 15.4 Å². The lowest BCUT2D eigenvalue weighted by atomic mass is 10.2. The second kappa shape index (κ2) is 11.2. The Bertz CT molecular complexity index is 889. The molecule has 0 aliphatic rings. The van der Waals surface area contributed by atoms with E-state index in [1.165, 1.54) is 6.07 Å². The normalized spacial score (nSPS) is 11.5. The SMILES string of the molecule is CCN(CC)CCOc1ccc(NC(=O)CNc2ccc(C(F)(F)F)cc2F)cc1Cl. The molecular formula is C21H24ClF4N3O2. The molecule has 0 bridgehead atoms. The molecule has 0 unspecified atom stereocenters. The lowest BCUT2D eigenvalue weighted by molar-refractivity contribution is -0.137. The second-order valence-corrected chi connectivity index (χ2v) is 7.02. The lowest BCUT2D eigenvalue weighted by Gasteiger charge is -2.18. The summed E-state index contributed by atoms with van der Waals surface area (Å²) in [5, 5.41) is 5.36. The van der Waals surface area contributed by atoms with Gasteiger partial charge in [-0.25, -0.2) is 4.39 Å². The van der Waals surface area contributed by atoms with Crippen molar-refractivity contribution in [2.75, 3.05) is 43.4 Å². The minimum atomic E-state index is -4.64. The fourth-order valence-corrected chi connectivity index (χ4v) is 2.97. The highest BCUT2D eigenvalue weighted by atomic mass is 35.5. The van der Waals surface area contributed by atoms with Crippen LogP contribution in [0.25, 0.3) is 0 Å². The average Bonchev–Trinajstić information content (AvgIpc) is 2.71. The lowest BCUT2D eigenvalue weighted by Crippen LogP contribution is -2.27. The number of nitrogens with zero attached hydrogens (tertiary/aromatic N) is 1. The summed E-state index contributed by atoms with van der Waals surface area (Å²) in [5.74, 6) is -1.14. The zero-order valence-electron chi connectivity index (χ0n) is 17.2. The Morgan fingerprint density at radius 2 is 1.84 bits per heavy atom. The maximum absolute atomic E-state index is 13.8. The number of rotatable bonds is 10. The van der Waals surface area contributed by atoms with Crippen LogP contribution in [0.2, 0.25) is 5.02 Å². The maximum Gasteiger partial charge on any atom is 0.416 e. The molecule has 2 aromatic carbocycles. The van der Waals surface area contributed by atoms with E-state index < -0.39 is 23.5 Å². The van der Waals surface area contributed by atoms with E-state index in [4.69, 9.17) is 16.3 Å². The Balaban J connectivity index is 1.87. The van der Waals surface area contributed by atoms with Crippen LogP contribution in [0, 0.1) is 5.82 Å². The summed E-state index contributed by atoms with van der Waals surface area (Å²) in [6, 6.07) is 6.80. The van der Waals surface area contributed by atoms with Crippen molar-refractivity contribution < 1.29 is 27.1 Å². The molecule has 10 heteroatoms. The monoisotopic (exact) mass is 461 g/mol. The van der Waals surface area contributed by atoms with E-state index in [0.29, 0.717) is 29.1 Å². The fraction of sp³-hybridized carbons (Fsp3) is 0.381. The molecular weight excluding hydrogens is 438 g/mol. The van der Waals surface area contributed by atoms with Crippen LogP contribution in [0.5, 0.6) is 5.75 Å². The Hall–Kier alpha value is -2.52. The molecule has 31 heavy (non-hydrogen) atoms. The van der Waals surface area contributed by atoms with Gasteiger partial charge in [-0.2, -0.15) is 13.2 Å². The number of benzene rings is 2. The van der Waals surface area contributed by atoms with E-state index in [0.717, 1.165) is 31.8 Å². The number of halogens is 5. The zero-order valence-corrected chi connectivity index (χ0v) is 17.9. The largest absolute Gasteiger partial charge is 0.491 e. The number of carbonyl (C=O) groups excluding carboxylic acids is 1. The molecule has 5 nitrogen and oxygen atoms in total. The van der Waals surface area contributed by atoms with Crippen molar-refractivity contribution in [3.63, 3.8) is 0 Å². The number of nitrogens with one attached hydrogen (secondary N) is 2. The van der Waals surface area contributed by atoms with Crippen molar-refractivity contribution in [3.05, 3.63) is 52.8 Å². The molecule has 0 fully saturated rings. The van der Waals surface area contributed by atoms with Crippen molar-refractivity contribution in [1.82, 2.24) is 4.90 Å². The molecule has 0 aliphatic carbocycles. The molecule has 0 radical (unpaired) electrons. The van der Waals surface area contributed by atoms with E-state index in [1.807, 2.05) is 0 Å². The van der Waals surface area contributed by atoms with Crippen molar-refractivity contribution in [3.8, 4) is 5.75 Å². The summed E-state index contributed by atoms with van der Waals surface area (Å²) in [7, 11) is 0. The minimum Gasteiger partial charge on any atom is -0.491 e. The van der Waals surface area contributed by atoms with Crippen LogP contribution in [0.4, 0.5) is 28.9 Å². The highest BCUT2D eigenvalue weighted by Crippen LogP contribution is 2.31. The number of hydrogen-bond donors (Lipinski definition) is 2. The highest BCUT2D eigenvalue weighted by molar-refractivity contribution is 6.32. The van der Waals surface area contributed by atoms with Crippen LogP contribution in [-0.2, 0) is 11.0 Å².